The molecule has 1 amide bonds. The predicted molar refractivity (Wildman–Crippen MR) is 72.0 cm³/mol. The van der Waals surface area contributed by atoms with Gasteiger partial charge in [-0.05, 0) is 51.3 Å². The molecule has 2 heterocycles. The van der Waals surface area contributed by atoms with Crippen LogP contribution in [0, 0.1) is 0 Å². The van der Waals surface area contributed by atoms with Crippen molar-refractivity contribution in [1.82, 2.24) is 14.9 Å². The Hall–Kier alpha value is -1.36. The van der Waals surface area contributed by atoms with Crippen LogP contribution in [0.3, 0.4) is 0 Å². The number of halogens is 1. The molecule has 1 atom stereocenters. The minimum absolute atomic E-state index is 0.0622. The lowest BCUT2D eigenvalue weighted by molar-refractivity contribution is 0.0134. The number of carbonyl (C=O) groups is 1. The van der Waals surface area contributed by atoms with Crippen molar-refractivity contribution in [2.45, 2.75) is 52.3 Å². The Kier molecular flexibility index (Phi) is 3.67. The molecular formula is C13H18ClN3O2. The molecule has 104 valence electrons. The van der Waals surface area contributed by atoms with E-state index in [4.69, 9.17) is 16.3 Å². The monoisotopic (exact) mass is 283 g/mol. The van der Waals surface area contributed by atoms with Crippen molar-refractivity contribution in [2.75, 3.05) is 0 Å². The second-order valence-electron chi connectivity index (χ2n) is 5.77. The number of nitrogens with zero attached hydrogens (tertiary/aromatic N) is 3. The maximum absolute atomic E-state index is 12.1. The lowest BCUT2D eigenvalue weighted by atomic mass is 10.0. The standard InChI is InChI=1S/C13H18ClN3O2/c1-8-5-9-6-15-11(14)16-10(9)7-17(8)12(18)19-13(2,3)4/h6,8H,5,7H2,1-4H3/t8-/m1/s1. The second kappa shape index (κ2) is 4.96. The Morgan fingerprint density at radius 2 is 2.21 bits per heavy atom. The van der Waals surface area contributed by atoms with Gasteiger partial charge >= 0.3 is 6.09 Å². The summed E-state index contributed by atoms with van der Waals surface area (Å²) < 4.78 is 5.40. The fourth-order valence-corrected chi connectivity index (χ4v) is 2.19. The lowest BCUT2D eigenvalue weighted by Crippen LogP contribution is -2.45. The molecular weight excluding hydrogens is 266 g/mol. The van der Waals surface area contributed by atoms with Crippen molar-refractivity contribution in [1.29, 1.82) is 0 Å². The van der Waals surface area contributed by atoms with E-state index in [2.05, 4.69) is 9.97 Å². The van der Waals surface area contributed by atoms with Gasteiger partial charge in [0.2, 0.25) is 5.28 Å². The number of amides is 1. The molecule has 0 fully saturated rings. The fraction of sp³-hybridized carbons (Fsp3) is 0.615. The number of hydrogen-bond acceptors (Lipinski definition) is 4. The number of aromatic nitrogens is 2. The van der Waals surface area contributed by atoms with Gasteiger partial charge in [-0.25, -0.2) is 14.8 Å². The molecule has 0 saturated heterocycles. The van der Waals surface area contributed by atoms with Crippen molar-refractivity contribution in [3.8, 4) is 0 Å². The van der Waals surface area contributed by atoms with Gasteiger partial charge in [0.25, 0.3) is 0 Å². The van der Waals surface area contributed by atoms with Gasteiger partial charge in [0.05, 0.1) is 12.2 Å². The third-order valence-electron chi connectivity index (χ3n) is 2.92. The summed E-state index contributed by atoms with van der Waals surface area (Å²) in [5.41, 5.74) is 1.33. The van der Waals surface area contributed by atoms with Crippen molar-refractivity contribution in [3.05, 3.63) is 22.7 Å². The first-order valence-corrected chi connectivity index (χ1v) is 6.64. The van der Waals surface area contributed by atoms with E-state index in [1.165, 1.54) is 0 Å². The van der Waals surface area contributed by atoms with E-state index in [1.807, 2.05) is 27.7 Å². The average molecular weight is 284 g/mol. The fourth-order valence-electron chi connectivity index (χ4n) is 2.04. The van der Waals surface area contributed by atoms with Gasteiger partial charge in [0.15, 0.2) is 0 Å². The molecule has 1 aliphatic heterocycles. The summed E-state index contributed by atoms with van der Waals surface area (Å²) in [6.45, 7) is 7.96. The first kappa shape index (κ1) is 14.1. The van der Waals surface area contributed by atoms with Gasteiger partial charge in [0.1, 0.15) is 5.60 Å². The van der Waals surface area contributed by atoms with E-state index in [0.29, 0.717) is 13.0 Å². The smallest absolute Gasteiger partial charge is 0.410 e. The quantitative estimate of drug-likeness (QED) is 0.687. The van der Waals surface area contributed by atoms with E-state index in [9.17, 15) is 4.79 Å². The molecule has 0 aromatic carbocycles. The average Bonchev–Trinajstić information content (AvgIpc) is 2.26. The number of fused-ring (bicyclic) bond motifs is 1. The Balaban J connectivity index is 2.19. The zero-order valence-electron chi connectivity index (χ0n) is 11.6. The first-order valence-electron chi connectivity index (χ1n) is 6.26. The Labute approximate surface area is 117 Å². The molecule has 5 nitrogen and oxygen atoms in total. The molecule has 0 saturated carbocycles. The highest BCUT2D eigenvalue weighted by Crippen LogP contribution is 2.24. The molecule has 0 spiro atoms. The van der Waals surface area contributed by atoms with Gasteiger partial charge < -0.3 is 4.74 Å². The highest BCUT2D eigenvalue weighted by molar-refractivity contribution is 6.28. The maximum atomic E-state index is 12.1. The molecule has 2 rings (SSSR count). The molecule has 1 aromatic heterocycles. The van der Waals surface area contributed by atoms with Crippen LogP contribution in [0.4, 0.5) is 4.79 Å². The van der Waals surface area contributed by atoms with Gasteiger partial charge in [0, 0.05) is 12.2 Å². The van der Waals surface area contributed by atoms with Crippen molar-refractivity contribution in [2.24, 2.45) is 0 Å². The minimum Gasteiger partial charge on any atom is -0.444 e. The van der Waals surface area contributed by atoms with Crippen molar-refractivity contribution >= 4 is 17.7 Å². The van der Waals surface area contributed by atoms with E-state index in [0.717, 1.165) is 11.3 Å². The highest BCUT2D eigenvalue weighted by atomic mass is 35.5. The van der Waals surface area contributed by atoms with Gasteiger partial charge in [-0.15, -0.1) is 0 Å². The zero-order chi connectivity index (χ0) is 14.2. The van der Waals surface area contributed by atoms with Crippen LogP contribution in [0.15, 0.2) is 6.20 Å². The molecule has 1 aromatic rings. The van der Waals surface area contributed by atoms with E-state index in [1.54, 1.807) is 11.1 Å². The predicted octanol–water partition coefficient (Wildman–Crippen LogP) is 2.81. The lowest BCUT2D eigenvalue weighted by Gasteiger charge is -2.35. The summed E-state index contributed by atoms with van der Waals surface area (Å²) in [6, 6.07) is 0.0622. The number of rotatable bonds is 0. The molecule has 19 heavy (non-hydrogen) atoms. The third kappa shape index (κ3) is 3.35. The zero-order valence-corrected chi connectivity index (χ0v) is 12.4. The molecule has 0 radical (unpaired) electrons. The Morgan fingerprint density at radius 1 is 1.53 bits per heavy atom. The summed E-state index contributed by atoms with van der Waals surface area (Å²) in [5.74, 6) is 0. The number of carbonyl (C=O) groups excluding carboxylic acids is 1. The summed E-state index contributed by atoms with van der Waals surface area (Å²) in [4.78, 5) is 22.0. The van der Waals surface area contributed by atoms with Crippen LogP contribution in [-0.4, -0.2) is 32.6 Å². The van der Waals surface area contributed by atoms with Crippen LogP contribution in [0.5, 0.6) is 0 Å². The largest absolute Gasteiger partial charge is 0.444 e. The van der Waals surface area contributed by atoms with Crippen LogP contribution in [0.2, 0.25) is 5.28 Å². The highest BCUT2D eigenvalue weighted by Gasteiger charge is 2.31. The SMILES string of the molecule is C[C@@H]1Cc2cnc(Cl)nc2CN1C(=O)OC(C)(C)C. The van der Waals surface area contributed by atoms with Gasteiger partial charge in [-0.2, -0.15) is 0 Å². The van der Waals surface area contributed by atoms with Gasteiger partial charge in [-0.3, -0.25) is 4.90 Å². The molecule has 6 heteroatoms. The molecule has 0 bridgehead atoms. The number of hydrogen-bond donors (Lipinski definition) is 0. The van der Waals surface area contributed by atoms with Gasteiger partial charge in [-0.1, -0.05) is 0 Å². The topological polar surface area (TPSA) is 55.3 Å². The summed E-state index contributed by atoms with van der Waals surface area (Å²) >= 11 is 5.79. The van der Waals surface area contributed by atoms with E-state index < -0.39 is 5.60 Å². The molecule has 1 aliphatic rings. The van der Waals surface area contributed by atoms with Crippen molar-refractivity contribution < 1.29 is 9.53 Å². The Bertz CT molecular complexity index is 499. The van der Waals surface area contributed by atoms with Crippen LogP contribution in [-0.2, 0) is 17.7 Å². The molecule has 0 aliphatic carbocycles. The van der Waals surface area contributed by atoms with E-state index in [-0.39, 0.29) is 17.4 Å². The van der Waals surface area contributed by atoms with Crippen molar-refractivity contribution in [3.63, 3.8) is 0 Å². The van der Waals surface area contributed by atoms with Crippen LogP contribution in [0.1, 0.15) is 39.0 Å². The van der Waals surface area contributed by atoms with E-state index >= 15 is 0 Å². The second-order valence-corrected chi connectivity index (χ2v) is 6.11. The molecule has 0 unspecified atom stereocenters. The van der Waals surface area contributed by atoms with Crippen LogP contribution >= 0.6 is 11.6 Å². The third-order valence-corrected chi connectivity index (χ3v) is 3.10. The number of ether oxygens (including phenoxy) is 1. The summed E-state index contributed by atoms with van der Waals surface area (Å²) in [6.07, 6.45) is 2.12. The molecule has 0 N–H and O–H groups in total. The first-order chi connectivity index (χ1) is 8.76. The normalized spacial score (nSPS) is 19.0. The minimum atomic E-state index is -0.500. The van der Waals surface area contributed by atoms with Crippen LogP contribution < -0.4 is 0 Å². The van der Waals surface area contributed by atoms with Crippen LogP contribution in [0.25, 0.3) is 0 Å². The summed E-state index contributed by atoms with van der Waals surface area (Å²) in [5, 5.41) is 0.206. The summed E-state index contributed by atoms with van der Waals surface area (Å²) in [7, 11) is 0. The Morgan fingerprint density at radius 3 is 2.84 bits per heavy atom. The maximum Gasteiger partial charge on any atom is 0.410 e.